The summed E-state index contributed by atoms with van der Waals surface area (Å²) in [5.41, 5.74) is -1.16. The molecule has 0 bridgehead atoms. The summed E-state index contributed by atoms with van der Waals surface area (Å²) in [6.45, 7) is 0.436. The van der Waals surface area contributed by atoms with E-state index in [0.29, 0.717) is 24.7 Å². The van der Waals surface area contributed by atoms with Gasteiger partial charge >= 0.3 is 12.1 Å². The van der Waals surface area contributed by atoms with Gasteiger partial charge < -0.3 is 9.84 Å². The second kappa shape index (κ2) is 9.18. The minimum Gasteiger partial charge on any atom is -0.493 e. The van der Waals surface area contributed by atoms with Crippen LogP contribution in [0.15, 0.2) is 41.3 Å². The minimum atomic E-state index is -4.64. The molecule has 6 nitrogen and oxygen atoms in total. The van der Waals surface area contributed by atoms with E-state index in [9.17, 15) is 30.8 Å². The van der Waals surface area contributed by atoms with Crippen molar-refractivity contribution in [3.63, 3.8) is 0 Å². The van der Waals surface area contributed by atoms with Crippen molar-refractivity contribution in [2.24, 2.45) is 5.92 Å². The predicted octanol–water partition coefficient (Wildman–Crippen LogP) is 4.90. The molecule has 2 aromatic carbocycles. The molecule has 184 valence electrons. The standard InChI is InChI=1S/C23H23F4NO5S/c24-21-18(22(29)30)6-7-19(20(21)15-4-5-15)33-13-14-8-10-28(11-9-14)34(31,32)17-3-1-2-16(12-17)23(25,26)27/h1-3,6-7,12,14-15H,4-5,8-11,13H2,(H,29,30). The Morgan fingerprint density at radius 2 is 1.76 bits per heavy atom. The van der Waals surface area contributed by atoms with Gasteiger partial charge in [-0.1, -0.05) is 6.07 Å². The molecule has 0 radical (unpaired) electrons. The maximum Gasteiger partial charge on any atom is 0.416 e. The summed E-state index contributed by atoms with van der Waals surface area (Å²) in [7, 11) is -4.08. The highest BCUT2D eigenvalue weighted by Crippen LogP contribution is 2.46. The molecule has 0 aromatic heterocycles. The first kappa shape index (κ1) is 24.5. The summed E-state index contributed by atoms with van der Waals surface area (Å²) >= 11 is 0. The molecule has 1 N–H and O–H groups in total. The van der Waals surface area contributed by atoms with Crippen molar-refractivity contribution in [3.05, 3.63) is 58.9 Å². The van der Waals surface area contributed by atoms with Crippen LogP contribution in [0.1, 0.15) is 53.1 Å². The van der Waals surface area contributed by atoms with E-state index in [1.807, 2.05) is 0 Å². The van der Waals surface area contributed by atoms with Crippen molar-refractivity contribution in [2.45, 2.75) is 42.7 Å². The number of rotatable bonds is 7. The number of alkyl halides is 3. The fourth-order valence-corrected chi connectivity index (χ4v) is 5.64. The highest BCUT2D eigenvalue weighted by atomic mass is 32.2. The monoisotopic (exact) mass is 501 g/mol. The number of carboxylic acids is 1. The van der Waals surface area contributed by atoms with Gasteiger partial charge in [-0.05, 0) is 67.9 Å². The lowest BCUT2D eigenvalue weighted by atomic mass is 9.99. The van der Waals surface area contributed by atoms with Crippen LogP contribution in [-0.2, 0) is 16.2 Å². The third-order valence-electron chi connectivity index (χ3n) is 6.20. The number of aromatic carboxylic acids is 1. The van der Waals surface area contributed by atoms with Gasteiger partial charge in [0.25, 0.3) is 0 Å². The normalized spacial score (nSPS) is 18.1. The molecule has 0 amide bonds. The molecule has 4 rings (SSSR count). The number of halogens is 4. The van der Waals surface area contributed by atoms with Crippen molar-refractivity contribution < 1.29 is 40.6 Å². The molecule has 0 unspecified atom stereocenters. The number of benzene rings is 2. The Kier molecular flexibility index (Phi) is 6.61. The summed E-state index contributed by atoms with van der Waals surface area (Å²) in [5.74, 6) is -1.95. The first-order valence-electron chi connectivity index (χ1n) is 10.8. The highest BCUT2D eigenvalue weighted by Gasteiger charge is 2.35. The molecule has 34 heavy (non-hydrogen) atoms. The average Bonchev–Trinajstić information content (AvgIpc) is 3.62. The molecule has 2 fully saturated rings. The Morgan fingerprint density at radius 1 is 1.09 bits per heavy atom. The maximum atomic E-state index is 14.7. The van der Waals surface area contributed by atoms with Crippen LogP contribution >= 0.6 is 0 Å². The molecular formula is C23H23F4NO5S. The maximum absolute atomic E-state index is 14.7. The average molecular weight is 501 g/mol. The fraction of sp³-hybridized carbons (Fsp3) is 0.435. The van der Waals surface area contributed by atoms with Gasteiger partial charge in [-0.25, -0.2) is 17.6 Å². The molecule has 1 saturated heterocycles. The Morgan fingerprint density at radius 3 is 2.35 bits per heavy atom. The lowest BCUT2D eigenvalue weighted by molar-refractivity contribution is -0.137. The van der Waals surface area contributed by atoms with Crippen molar-refractivity contribution in [1.29, 1.82) is 0 Å². The first-order chi connectivity index (χ1) is 16.0. The number of hydrogen-bond acceptors (Lipinski definition) is 4. The van der Waals surface area contributed by atoms with Crippen molar-refractivity contribution in [2.75, 3.05) is 19.7 Å². The third kappa shape index (κ3) is 5.05. The van der Waals surface area contributed by atoms with E-state index < -0.39 is 44.0 Å². The Hall–Kier alpha value is -2.66. The second-order valence-electron chi connectivity index (χ2n) is 8.60. The molecule has 1 aliphatic carbocycles. The summed E-state index contributed by atoms with van der Waals surface area (Å²) in [6.07, 6.45) is -2.29. The zero-order valence-electron chi connectivity index (χ0n) is 18.0. The van der Waals surface area contributed by atoms with E-state index in [1.54, 1.807) is 0 Å². The number of sulfonamides is 1. The third-order valence-corrected chi connectivity index (χ3v) is 8.10. The molecule has 1 heterocycles. The highest BCUT2D eigenvalue weighted by molar-refractivity contribution is 7.89. The van der Waals surface area contributed by atoms with Gasteiger partial charge in [0.2, 0.25) is 10.0 Å². The number of carbonyl (C=O) groups is 1. The lowest BCUT2D eigenvalue weighted by Gasteiger charge is -2.31. The molecule has 2 aromatic rings. The smallest absolute Gasteiger partial charge is 0.416 e. The van der Waals surface area contributed by atoms with E-state index >= 15 is 0 Å². The zero-order chi connectivity index (χ0) is 24.7. The topological polar surface area (TPSA) is 83.9 Å². The van der Waals surface area contributed by atoms with Crippen molar-refractivity contribution >= 4 is 16.0 Å². The molecule has 2 aliphatic rings. The van der Waals surface area contributed by atoms with E-state index in [4.69, 9.17) is 9.84 Å². The Balaban J connectivity index is 1.40. The molecule has 1 saturated carbocycles. The largest absolute Gasteiger partial charge is 0.493 e. The second-order valence-corrected chi connectivity index (χ2v) is 10.5. The zero-order valence-corrected chi connectivity index (χ0v) is 18.8. The lowest BCUT2D eigenvalue weighted by Crippen LogP contribution is -2.39. The number of nitrogens with zero attached hydrogens (tertiary/aromatic N) is 1. The van der Waals surface area contributed by atoms with Crippen molar-refractivity contribution in [1.82, 2.24) is 4.31 Å². The number of hydrogen-bond donors (Lipinski definition) is 1. The molecule has 0 atom stereocenters. The number of carboxylic acid groups (broad SMARTS) is 1. The van der Waals surface area contributed by atoms with Crippen LogP contribution in [0, 0.1) is 11.7 Å². The summed E-state index contributed by atoms with van der Waals surface area (Å²) in [6, 6.07) is 6.30. The van der Waals surface area contributed by atoms with Gasteiger partial charge in [-0.2, -0.15) is 17.5 Å². The molecule has 0 spiro atoms. The van der Waals surface area contributed by atoms with Gasteiger partial charge in [0.1, 0.15) is 11.6 Å². The van der Waals surface area contributed by atoms with Crippen LogP contribution in [0.5, 0.6) is 5.75 Å². The van der Waals surface area contributed by atoms with Crippen LogP contribution in [0.25, 0.3) is 0 Å². The van der Waals surface area contributed by atoms with E-state index in [1.165, 1.54) is 12.1 Å². The van der Waals surface area contributed by atoms with E-state index in [0.717, 1.165) is 35.3 Å². The van der Waals surface area contributed by atoms with Gasteiger partial charge in [0.05, 0.1) is 22.6 Å². The molecular weight excluding hydrogens is 478 g/mol. The molecule has 11 heteroatoms. The van der Waals surface area contributed by atoms with Gasteiger partial charge in [-0.3, -0.25) is 0 Å². The van der Waals surface area contributed by atoms with E-state index in [-0.39, 0.29) is 37.1 Å². The summed E-state index contributed by atoms with van der Waals surface area (Å²) in [4.78, 5) is 10.8. The van der Waals surface area contributed by atoms with Crippen molar-refractivity contribution in [3.8, 4) is 5.75 Å². The first-order valence-corrected chi connectivity index (χ1v) is 12.3. The van der Waals surface area contributed by atoms with Crippen LogP contribution in [0.2, 0.25) is 0 Å². The van der Waals surface area contributed by atoms with Gasteiger partial charge in [-0.15, -0.1) is 0 Å². The quantitative estimate of drug-likeness (QED) is 0.546. The molecule has 1 aliphatic heterocycles. The summed E-state index contributed by atoms with van der Waals surface area (Å²) in [5, 5.41) is 9.15. The van der Waals surface area contributed by atoms with Gasteiger partial charge in [0, 0.05) is 18.7 Å². The van der Waals surface area contributed by atoms with Crippen LogP contribution in [0.4, 0.5) is 17.6 Å². The van der Waals surface area contributed by atoms with Gasteiger partial charge in [0.15, 0.2) is 0 Å². The summed E-state index contributed by atoms with van der Waals surface area (Å²) < 4.78 is 86.3. The minimum absolute atomic E-state index is 0.0396. The SMILES string of the molecule is O=C(O)c1ccc(OCC2CCN(S(=O)(=O)c3cccc(C(F)(F)F)c3)CC2)c(C2CC2)c1F. The Bertz CT molecular complexity index is 1190. The van der Waals surface area contributed by atoms with Crippen LogP contribution in [-0.4, -0.2) is 43.5 Å². The number of ether oxygens (including phenoxy) is 1. The van der Waals surface area contributed by atoms with Crippen LogP contribution in [0.3, 0.4) is 0 Å². The van der Waals surface area contributed by atoms with Crippen LogP contribution < -0.4 is 4.74 Å². The Labute approximate surface area is 194 Å². The fourth-order valence-electron chi connectivity index (χ4n) is 4.12. The van der Waals surface area contributed by atoms with E-state index in [2.05, 4.69) is 0 Å². The predicted molar refractivity (Wildman–Crippen MR) is 114 cm³/mol. The number of piperidine rings is 1.